The molecule has 1 aromatic rings. The molecule has 0 bridgehead atoms. The summed E-state index contributed by atoms with van der Waals surface area (Å²) >= 11 is 10.3. The van der Waals surface area contributed by atoms with Gasteiger partial charge in [-0.3, -0.25) is 0 Å². The number of hydrogen-bond acceptors (Lipinski definition) is 4. The Labute approximate surface area is 124 Å². The summed E-state index contributed by atoms with van der Waals surface area (Å²) in [5.41, 5.74) is 0. The lowest BCUT2D eigenvalue weighted by Crippen LogP contribution is -2.48. The highest BCUT2D eigenvalue weighted by atomic mass is 79.9. The van der Waals surface area contributed by atoms with E-state index >= 15 is 0 Å². The molecule has 2 rings (SSSR count). The second kappa shape index (κ2) is 5.76. The van der Waals surface area contributed by atoms with Gasteiger partial charge in [0.05, 0.1) is 22.0 Å². The number of halogens is 2. The minimum atomic E-state index is -3.47. The van der Waals surface area contributed by atoms with Crippen LogP contribution < -0.4 is 0 Å². The molecule has 1 saturated heterocycles. The largest absolute Gasteiger partial charge is 0.378 e. The van der Waals surface area contributed by atoms with Crippen molar-refractivity contribution in [2.45, 2.75) is 23.6 Å². The topological polar surface area (TPSA) is 46.6 Å². The number of hydrogen-bond donors (Lipinski definition) is 0. The van der Waals surface area contributed by atoms with E-state index in [0.717, 1.165) is 17.8 Å². The van der Waals surface area contributed by atoms with Crippen molar-refractivity contribution in [1.82, 2.24) is 4.31 Å². The summed E-state index contributed by atoms with van der Waals surface area (Å²) in [5, 5.41) is 0.430. The molecule has 0 aromatic carbocycles. The number of nitrogens with zero attached hydrogens (tertiary/aromatic N) is 1. The van der Waals surface area contributed by atoms with Crippen molar-refractivity contribution in [1.29, 1.82) is 0 Å². The molecule has 1 fully saturated rings. The Morgan fingerprint density at radius 2 is 2.39 bits per heavy atom. The highest BCUT2D eigenvalue weighted by molar-refractivity contribution is 9.11. The fourth-order valence-electron chi connectivity index (χ4n) is 1.85. The standard InChI is InChI=1S/C10H13BrClNO3S2/c1-2-7-6-16-4-3-13(7)18(14,15)9-5-8(12)10(11)17-9/h5,7H,2-4,6H2,1H3. The lowest BCUT2D eigenvalue weighted by molar-refractivity contribution is 0.0315. The fourth-order valence-corrected chi connectivity index (χ4v) is 6.04. The first-order chi connectivity index (χ1) is 8.46. The van der Waals surface area contributed by atoms with Crippen LogP contribution in [0.15, 0.2) is 14.1 Å². The molecule has 0 saturated carbocycles. The van der Waals surface area contributed by atoms with Gasteiger partial charge in [-0.2, -0.15) is 4.31 Å². The summed E-state index contributed by atoms with van der Waals surface area (Å²) in [6.45, 7) is 3.25. The quantitative estimate of drug-likeness (QED) is 0.817. The molecule has 4 nitrogen and oxygen atoms in total. The van der Waals surface area contributed by atoms with Gasteiger partial charge in [-0.05, 0) is 28.4 Å². The van der Waals surface area contributed by atoms with Crippen LogP contribution in [-0.4, -0.2) is 38.5 Å². The lowest BCUT2D eigenvalue weighted by Gasteiger charge is -2.33. The monoisotopic (exact) mass is 373 g/mol. The van der Waals surface area contributed by atoms with Gasteiger partial charge >= 0.3 is 0 Å². The van der Waals surface area contributed by atoms with Crippen molar-refractivity contribution >= 4 is 48.9 Å². The fraction of sp³-hybridized carbons (Fsp3) is 0.600. The Kier molecular flexibility index (Phi) is 4.72. The van der Waals surface area contributed by atoms with Gasteiger partial charge in [0, 0.05) is 12.6 Å². The molecule has 0 spiro atoms. The third-order valence-electron chi connectivity index (χ3n) is 2.83. The van der Waals surface area contributed by atoms with Gasteiger partial charge in [-0.15, -0.1) is 11.3 Å². The maximum Gasteiger partial charge on any atom is 0.253 e. The van der Waals surface area contributed by atoms with Crippen molar-refractivity contribution in [3.05, 3.63) is 14.9 Å². The Morgan fingerprint density at radius 1 is 1.67 bits per heavy atom. The van der Waals surface area contributed by atoms with E-state index in [2.05, 4.69) is 15.9 Å². The third-order valence-corrected chi connectivity index (χ3v) is 7.71. The van der Waals surface area contributed by atoms with Crippen molar-refractivity contribution in [2.75, 3.05) is 19.8 Å². The van der Waals surface area contributed by atoms with Gasteiger partial charge in [0.25, 0.3) is 10.0 Å². The van der Waals surface area contributed by atoms with Crippen molar-refractivity contribution < 1.29 is 13.2 Å². The van der Waals surface area contributed by atoms with Gasteiger partial charge in [0.15, 0.2) is 0 Å². The summed E-state index contributed by atoms with van der Waals surface area (Å²) in [4.78, 5) is 0. The van der Waals surface area contributed by atoms with Crippen LogP contribution in [0.1, 0.15) is 13.3 Å². The Balaban J connectivity index is 2.35. The van der Waals surface area contributed by atoms with Gasteiger partial charge in [-0.1, -0.05) is 18.5 Å². The van der Waals surface area contributed by atoms with E-state index in [1.165, 1.54) is 10.4 Å². The molecule has 0 N–H and O–H groups in total. The van der Waals surface area contributed by atoms with Gasteiger partial charge < -0.3 is 4.74 Å². The molecule has 0 aliphatic carbocycles. The first kappa shape index (κ1) is 14.7. The van der Waals surface area contributed by atoms with Crippen LogP contribution in [0.2, 0.25) is 5.02 Å². The molecule has 18 heavy (non-hydrogen) atoms. The first-order valence-corrected chi connectivity index (χ1v) is 8.94. The van der Waals surface area contributed by atoms with Gasteiger partial charge in [0.2, 0.25) is 0 Å². The van der Waals surface area contributed by atoms with E-state index in [9.17, 15) is 8.42 Å². The van der Waals surface area contributed by atoms with Crippen LogP contribution in [0.4, 0.5) is 0 Å². The molecular formula is C10H13BrClNO3S2. The van der Waals surface area contributed by atoms with Crippen molar-refractivity contribution in [3.63, 3.8) is 0 Å². The van der Waals surface area contributed by atoms with Crippen LogP contribution in [0, 0.1) is 0 Å². The van der Waals surface area contributed by atoms with Crippen LogP contribution in [0.25, 0.3) is 0 Å². The predicted octanol–water partition coefficient (Wildman–Crippen LogP) is 2.96. The Hall–Kier alpha value is 0.340. The molecule has 0 radical (unpaired) electrons. The zero-order valence-electron chi connectivity index (χ0n) is 9.73. The molecule has 1 aromatic heterocycles. The molecule has 2 heterocycles. The number of sulfonamides is 1. The smallest absolute Gasteiger partial charge is 0.253 e. The molecule has 102 valence electrons. The van der Waals surface area contributed by atoms with Crippen molar-refractivity contribution in [3.8, 4) is 0 Å². The Bertz CT molecular complexity index is 512. The molecule has 0 amide bonds. The summed E-state index contributed by atoms with van der Waals surface area (Å²) in [6.07, 6.45) is 0.736. The van der Waals surface area contributed by atoms with E-state index in [1.807, 2.05) is 6.92 Å². The molecule has 1 atom stereocenters. The third kappa shape index (κ3) is 2.76. The average Bonchev–Trinajstić information content (AvgIpc) is 2.70. The van der Waals surface area contributed by atoms with E-state index < -0.39 is 10.0 Å². The first-order valence-electron chi connectivity index (χ1n) is 5.51. The summed E-state index contributed by atoms with van der Waals surface area (Å²) in [6, 6.07) is 1.40. The van der Waals surface area contributed by atoms with E-state index in [-0.39, 0.29) is 10.3 Å². The second-order valence-corrected chi connectivity index (χ2v) is 8.83. The highest BCUT2D eigenvalue weighted by Gasteiger charge is 2.34. The second-order valence-electron chi connectivity index (χ2n) is 3.94. The highest BCUT2D eigenvalue weighted by Crippen LogP contribution is 2.36. The molecular weight excluding hydrogens is 362 g/mol. The zero-order chi connectivity index (χ0) is 13.3. The maximum absolute atomic E-state index is 12.5. The summed E-state index contributed by atoms with van der Waals surface area (Å²) < 4.78 is 32.8. The molecule has 1 aliphatic heterocycles. The minimum Gasteiger partial charge on any atom is -0.378 e. The van der Waals surface area contributed by atoms with Gasteiger partial charge in [-0.25, -0.2) is 8.42 Å². The number of thiophene rings is 1. The van der Waals surface area contributed by atoms with Crippen LogP contribution >= 0.6 is 38.9 Å². The summed E-state index contributed by atoms with van der Waals surface area (Å²) in [5.74, 6) is 0. The number of morpholine rings is 1. The number of ether oxygens (including phenoxy) is 1. The van der Waals surface area contributed by atoms with E-state index in [0.29, 0.717) is 28.6 Å². The molecule has 1 aliphatic rings. The lowest BCUT2D eigenvalue weighted by atomic mass is 10.2. The Morgan fingerprint density at radius 3 is 2.94 bits per heavy atom. The molecule has 1 unspecified atom stereocenters. The van der Waals surface area contributed by atoms with Crippen LogP contribution in [0.3, 0.4) is 0 Å². The minimum absolute atomic E-state index is 0.0941. The normalized spacial score (nSPS) is 22.3. The van der Waals surface area contributed by atoms with E-state index in [4.69, 9.17) is 16.3 Å². The summed E-state index contributed by atoms with van der Waals surface area (Å²) in [7, 11) is -3.47. The molecule has 8 heteroatoms. The van der Waals surface area contributed by atoms with E-state index in [1.54, 1.807) is 0 Å². The SMILES string of the molecule is CCC1COCCN1S(=O)(=O)c1cc(Cl)c(Br)s1. The van der Waals surface area contributed by atoms with Crippen LogP contribution in [-0.2, 0) is 14.8 Å². The van der Waals surface area contributed by atoms with Crippen LogP contribution in [0.5, 0.6) is 0 Å². The maximum atomic E-state index is 12.5. The predicted molar refractivity (Wildman–Crippen MR) is 75.8 cm³/mol. The van der Waals surface area contributed by atoms with Gasteiger partial charge in [0.1, 0.15) is 4.21 Å². The average molecular weight is 375 g/mol. The zero-order valence-corrected chi connectivity index (χ0v) is 13.7. The van der Waals surface area contributed by atoms with Crippen molar-refractivity contribution in [2.24, 2.45) is 0 Å². The number of rotatable bonds is 3.